The lowest BCUT2D eigenvalue weighted by Gasteiger charge is -2.08. The molecule has 1 amide bonds. The number of nitrogens with zero attached hydrogens (tertiary/aromatic N) is 2. The number of aliphatic hydroxyl groups excluding tert-OH is 1. The molecule has 116 valence electrons. The Labute approximate surface area is 127 Å². The first-order chi connectivity index (χ1) is 10.5. The minimum Gasteiger partial charge on any atom is -0.494 e. The van der Waals surface area contributed by atoms with Gasteiger partial charge in [-0.05, 0) is 30.7 Å². The Bertz CT molecular complexity index is 692. The largest absolute Gasteiger partial charge is 0.494 e. The second kappa shape index (κ2) is 6.95. The molecule has 1 aromatic heterocycles. The SMILES string of the molecule is COc1cc(CNC(=O)c2cc(CO)nc(C)n2)ccc1F. The van der Waals surface area contributed by atoms with Crippen molar-refractivity contribution in [2.24, 2.45) is 0 Å². The van der Waals surface area contributed by atoms with Gasteiger partial charge in [0, 0.05) is 6.54 Å². The van der Waals surface area contributed by atoms with Crippen LogP contribution in [0, 0.1) is 12.7 Å². The number of benzene rings is 1. The van der Waals surface area contributed by atoms with E-state index in [9.17, 15) is 9.18 Å². The summed E-state index contributed by atoms with van der Waals surface area (Å²) < 4.78 is 18.2. The van der Waals surface area contributed by atoms with E-state index in [1.807, 2.05) is 0 Å². The molecule has 1 heterocycles. The molecule has 0 aliphatic rings. The van der Waals surface area contributed by atoms with E-state index in [1.54, 1.807) is 13.0 Å². The number of rotatable bonds is 5. The Hall–Kier alpha value is -2.54. The fourth-order valence-electron chi connectivity index (χ4n) is 1.91. The molecule has 0 radical (unpaired) electrons. The third kappa shape index (κ3) is 3.76. The Balaban J connectivity index is 2.08. The van der Waals surface area contributed by atoms with E-state index < -0.39 is 11.7 Å². The summed E-state index contributed by atoms with van der Waals surface area (Å²) >= 11 is 0. The number of aliphatic hydroxyl groups is 1. The first-order valence-corrected chi connectivity index (χ1v) is 6.59. The maximum Gasteiger partial charge on any atom is 0.270 e. The number of nitrogens with one attached hydrogen (secondary N) is 1. The van der Waals surface area contributed by atoms with Crippen LogP contribution in [0.3, 0.4) is 0 Å². The lowest BCUT2D eigenvalue weighted by molar-refractivity contribution is 0.0945. The normalized spacial score (nSPS) is 10.4. The number of aromatic nitrogens is 2. The summed E-state index contributed by atoms with van der Waals surface area (Å²) in [6.45, 7) is 1.58. The average Bonchev–Trinajstić information content (AvgIpc) is 2.53. The number of aryl methyl sites for hydroxylation is 1. The topological polar surface area (TPSA) is 84.3 Å². The number of carbonyl (C=O) groups excluding carboxylic acids is 1. The molecular weight excluding hydrogens is 289 g/mol. The van der Waals surface area contributed by atoms with E-state index in [1.165, 1.54) is 25.3 Å². The summed E-state index contributed by atoms with van der Waals surface area (Å²) in [4.78, 5) is 20.1. The molecule has 2 aromatic rings. The van der Waals surface area contributed by atoms with E-state index in [-0.39, 0.29) is 24.6 Å². The maximum atomic E-state index is 13.3. The van der Waals surface area contributed by atoms with Crippen LogP contribution >= 0.6 is 0 Å². The summed E-state index contributed by atoms with van der Waals surface area (Å²) in [5, 5.41) is 11.8. The van der Waals surface area contributed by atoms with E-state index in [0.717, 1.165) is 0 Å². The van der Waals surface area contributed by atoms with Gasteiger partial charge in [-0.2, -0.15) is 0 Å². The number of ether oxygens (including phenoxy) is 1. The summed E-state index contributed by atoms with van der Waals surface area (Å²) in [6, 6.07) is 5.77. The molecule has 0 aliphatic heterocycles. The van der Waals surface area contributed by atoms with E-state index >= 15 is 0 Å². The molecule has 0 atom stereocenters. The number of hydrogen-bond acceptors (Lipinski definition) is 5. The van der Waals surface area contributed by atoms with E-state index in [0.29, 0.717) is 17.1 Å². The first kappa shape index (κ1) is 15.8. The van der Waals surface area contributed by atoms with Crippen LogP contribution in [-0.4, -0.2) is 28.1 Å². The van der Waals surface area contributed by atoms with Gasteiger partial charge in [-0.25, -0.2) is 14.4 Å². The van der Waals surface area contributed by atoms with Crippen molar-refractivity contribution in [1.82, 2.24) is 15.3 Å². The molecule has 0 spiro atoms. The van der Waals surface area contributed by atoms with Crippen molar-refractivity contribution >= 4 is 5.91 Å². The highest BCUT2D eigenvalue weighted by Crippen LogP contribution is 2.18. The zero-order valence-corrected chi connectivity index (χ0v) is 12.3. The van der Waals surface area contributed by atoms with Gasteiger partial charge in [-0.3, -0.25) is 4.79 Å². The van der Waals surface area contributed by atoms with Crippen molar-refractivity contribution < 1.29 is 19.0 Å². The molecule has 0 saturated heterocycles. The number of halogens is 1. The van der Waals surface area contributed by atoms with Crippen LogP contribution in [0.4, 0.5) is 4.39 Å². The lowest BCUT2D eigenvalue weighted by Crippen LogP contribution is -2.24. The summed E-state index contributed by atoms with van der Waals surface area (Å²) in [6.07, 6.45) is 0. The van der Waals surface area contributed by atoms with Gasteiger partial charge in [0.1, 0.15) is 11.5 Å². The Morgan fingerprint density at radius 2 is 2.14 bits per heavy atom. The fourth-order valence-corrected chi connectivity index (χ4v) is 1.91. The van der Waals surface area contributed by atoms with Gasteiger partial charge in [0.25, 0.3) is 5.91 Å². The zero-order valence-electron chi connectivity index (χ0n) is 12.3. The minimum atomic E-state index is -0.461. The highest BCUT2D eigenvalue weighted by atomic mass is 19.1. The Morgan fingerprint density at radius 1 is 1.36 bits per heavy atom. The van der Waals surface area contributed by atoms with Crippen LogP contribution in [-0.2, 0) is 13.2 Å². The molecule has 0 saturated carbocycles. The Kier molecular flexibility index (Phi) is 5.00. The molecule has 0 fully saturated rings. The van der Waals surface area contributed by atoms with E-state index in [2.05, 4.69) is 15.3 Å². The molecule has 0 aliphatic carbocycles. The standard InChI is InChI=1S/C15H16FN3O3/c1-9-18-11(8-20)6-13(19-9)15(21)17-7-10-3-4-12(16)14(5-10)22-2/h3-6,20H,7-8H2,1-2H3,(H,17,21). The molecule has 0 unspecified atom stereocenters. The summed E-state index contributed by atoms with van der Waals surface area (Å²) in [5.41, 5.74) is 1.24. The molecule has 7 heteroatoms. The van der Waals surface area contributed by atoms with Crippen molar-refractivity contribution in [2.75, 3.05) is 7.11 Å². The molecule has 22 heavy (non-hydrogen) atoms. The van der Waals surface area contributed by atoms with E-state index in [4.69, 9.17) is 9.84 Å². The molecule has 2 N–H and O–H groups in total. The van der Waals surface area contributed by atoms with Gasteiger partial charge in [-0.1, -0.05) is 6.07 Å². The maximum absolute atomic E-state index is 13.3. The quantitative estimate of drug-likeness (QED) is 0.871. The second-order valence-corrected chi connectivity index (χ2v) is 4.60. The number of methoxy groups -OCH3 is 1. The van der Waals surface area contributed by atoms with Crippen LogP contribution in [0.15, 0.2) is 24.3 Å². The predicted octanol–water partition coefficient (Wildman–Crippen LogP) is 1.36. The third-order valence-electron chi connectivity index (χ3n) is 2.95. The molecule has 6 nitrogen and oxygen atoms in total. The zero-order chi connectivity index (χ0) is 16.1. The number of hydrogen-bond donors (Lipinski definition) is 2. The van der Waals surface area contributed by atoms with Gasteiger partial charge in [-0.15, -0.1) is 0 Å². The second-order valence-electron chi connectivity index (χ2n) is 4.60. The van der Waals surface area contributed by atoms with Gasteiger partial charge in [0.05, 0.1) is 19.4 Å². The molecule has 1 aromatic carbocycles. The van der Waals surface area contributed by atoms with Crippen LogP contribution in [0.2, 0.25) is 0 Å². The lowest BCUT2D eigenvalue weighted by atomic mass is 10.2. The Morgan fingerprint density at radius 3 is 2.82 bits per heavy atom. The molecular formula is C15H16FN3O3. The van der Waals surface area contributed by atoms with Crippen molar-refractivity contribution in [3.63, 3.8) is 0 Å². The number of amides is 1. The monoisotopic (exact) mass is 305 g/mol. The third-order valence-corrected chi connectivity index (χ3v) is 2.95. The van der Waals surface area contributed by atoms with Crippen molar-refractivity contribution in [2.45, 2.75) is 20.1 Å². The van der Waals surface area contributed by atoms with Crippen molar-refractivity contribution in [1.29, 1.82) is 0 Å². The predicted molar refractivity (Wildman–Crippen MR) is 76.8 cm³/mol. The van der Waals surface area contributed by atoms with Gasteiger partial charge >= 0.3 is 0 Å². The van der Waals surface area contributed by atoms with Crippen LogP contribution in [0.5, 0.6) is 5.75 Å². The average molecular weight is 305 g/mol. The fraction of sp³-hybridized carbons (Fsp3) is 0.267. The number of carbonyl (C=O) groups is 1. The van der Waals surface area contributed by atoms with Crippen molar-refractivity contribution in [3.05, 3.63) is 52.9 Å². The molecule has 0 bridgehead atoms. The van der Waals surface area contributed by atoms with Crippen LogP contribution in [0.25, 0.3) is 0 Å². The van der Waals surface area contributed by atoms with Crippen molar-refractivity contribution in [3.8, 4) is 5.75 Å². The highest BCUT2D eigenvalue weighted by Gasteiger charge is 2.11. The van der Waals surface area contributed by atoms with Gasteiger partial charge in [0.2, 0.25) is 0 Å². The van der Waals surface area contributed by atoms with Gasteiger partial charge < -0.3 is 15.2 Å². The summed E-state index contributed by atoms with van der Waals surface area (Å²) in [7, 11) is 1.38. The summed E-state index contributed by atoms with van der Waals surface area (Å²) in [5.74, 6) is -0.340. The van der Waals surface area contributed by atoms with Crippen LogP contribution < -0.4 is 10.1 Å². The molecule has 2 rings (SSSR count). The highest BCUT2D eigenvalue weighted by molar-refractivity contribution is 5.92. The smallest absolute Gasteiger partial charge is 0.270 e. The van der Waals surface area contributed by atoms with Crippen LogP contribution in [0.1, 0.15) is 27.6 Å². The van der Waals surface area contributed by atoms with Gasteiger partial charge in [0.15, 0.2) is 11.6 Å². The minimum absolute atomic E-state index is 0.118. The first-order valence-electron chi connectivity index (χ1n) is 6.59.